The minimum absolute atomic E-state index is 0.0467. The van der Waals surface area contributed by atoms with Crippen LogP contribution >= 0.6 is 0 Å². The van der Waals surface area contributed by atoms with Crippen LogP contribution in [-0.2, 0) is 151 Å². The molecule has 0 saturated carbocycles. The van der Waals surface area contributed by atoms with Crippen molar-refractivity contribution in [1.29, 1.82) is 0 Å². The maximum Gasteiger partial charge on any atom is 0.217 e. The van der Waals surface area contributed by atoms with Gasteiger partial charge in [0.2, 0.25) is 5.91 Å². The molecule has 4 heterocycles. The van der Waals surface area contributed by atoms with Gasteiger partial charge in [-0.25, -0.2) is 0 Å². The predicted octanol–water partition coefficient (Wildman–Crippen LogP) is 14.7. The van der Waals surface area contributed by atoms with E-state index in [0.29, 0.717) is 0 Å². The number of amides is 1. The van der Waals surface area contributed by atoms with Crippen LogP contribution in [-0.4, -0.2) is 147 Å². The van der Waals surface area contributed by atoms with Crippen LogP contribution in [0.5, 0.6) is 0 Å². The highest BCUT2D eigenvalue weighted by Gasteiger charge is 2.59. The van der Waals surface area contributed by atoms with Gasteiger partial charge >= 0.3 is 0 Å². The fraction of sp³-hybridized carbons (Fsp3) is 0.365. The van der Waals surface area contributed by atoms with Crippen molar-refractivity contribution >= 4 is 5.91 Å². The zero-order valence-electron chi connectivity index (χ0n) is 65.7. The van der Waals surface area contributed by atoms with E-state index in [9.17, 15) is 9.90 Å². The van der Waals surface area contributed by atoms with E-state index in [1.165, 1.54) is 6.92 Å². The SMILES string of the molecule is CC(=O)N[C@H]1C(O)O[C@H](COCc2ccccc2)[C@@H](O[C@@H]2O[C@H](COCc3ccccc3)[C@H](OCc3ccccc3)[C@H](OCc3ccccc3)[C@H]2O[C@@H]2O[C@@H](C)[C@@H](OCc3ccccc3)[C@@H](OCc3ccccc3)[C@@H]2OCc2ccccc2)[C@@H]1O[C@@H]1O[C@@H](C)[C@@H](OCc2ccccc2)[C@@H](OCc2ccccc2)[C@H]1OCc1ccccc1. The molecule has 2 N–H and O–H groups in total. The molecular weight excluding hydrogens is 1470 g/mol. The number of benzene rings is 10. The molecule has 0 radical (unpaired) electrons. The summed E-state index contributed by atoms with van der Waals surface area (Å²) in [6.45, 7) is 6.35. The highest BCUT2D eigenvalue weighted by atomic mass is 16.8. The zero-order valence-corrected chi connectivity index (χ0v) is 65.7. The lowest BCUT2D eigenvalue weighted by Crippen LogP contribution is -2.70. The van der Waals surface area contributed by atoms with Crippen molar-refractivity contribution in [2.24, 2.45) is 0 Å². The summed E-state index contributed by atoms with van der Waals surface area (Å²) in [7, 11) is 0. The summed E-state index contributed by atoms with van der Waals surface area (Å²) in [5.74, 6) is -0.518. The molecule has 1 unspecified atom stereocenters. The Bertz CT molecular complexity index is 4410. The molecule has 0 bridgehead atoms. The van der Waals surface area contributed by atoms with E-state index in [2.05, 4.69) is 5.32 Å². The lowest BCUT2D eigenvalue weighted by molar-refractivity contribution is -0.402. The van der Waals surface area contributed by atoms with Crippen LogP contribution in [0.2, 0.25) is 0 Å². The van der Waals surface area contributed by atoms with Crippen molar-refractivity contribution in [3.05, 3.63) is 359 Å². The van der Waals surface area contributed by atoms with Gasteiger partial charge in [-0.05, 0) is 69.5 Å². The maximum absolute atomic E-state index is 14.1. The zero-order chi connectivity index (χ0) is 79.5. The molecule has 608 valence electrons. The Labute approximate surface area is 679 Å². The topological polar surface area (TPSA) is 206 Å². The third-order valence-electron chi connectivity index (χ3n) is 21.0. The molecule has 20 nitrogen and oxygen atoms in total. The van der Waals surface area contributed by atoms with Gasteiger partial charge in [-0.2, -0.15) is 0 Å². The van der Waals surface area contributed by atoms with Gasteiger partial charge in [0.1, 0.15) is 85.4 Å². The summed E-state index contributed by atoms with van der Waals surface area (Å²) < 4.78 is 124. The highest BCUT2D eigenvalue weighted by molar-refractivity contribution is 5.73. The number of carbonyl (C=O) groups excluding carboxylic acids is 1. The monoisotopic (exact) mass is 1580 g/mol. The van der Waals surface area contributed by atoms with Crippen LogP contribution in [0.25, 0.3) is 0 Å². The van der Waals surface area contributed by atoms with E-state index < -0.39 is 129 Å². The molecule has 20 heteroatoms. The van der Waals surface area contributed by atoms with Gasteiger partial charge in [-0.3, -0.25) is 4.79 Å². The number of ether oxygens (including phenoxy) is 17. The molecule has 0 aromatic heterocycles. The van der Waals surface area contributed by atoms with Crippen LogP contribution in [0.15, 0.2) is 303 Å². The van der Waals surface area contributed by atoms with Crippen molar-refractivity contribution in [2.75, 3.05) is 13.2 Å². The Morgan fingerprint density at radius 1 is 0.276 bits per heavy atom. The Kier molecular flexibility index (Phi) is 31.2. The summed E-state index contributed by atoms with van der Waals surface area (Å²) in [5, 5.41) is 15.9. The molecule has 10 aromatic carbocycles. The van der Waals surface area contributed by atoms with Gasteiger partial charge in [0.05, 0.1) is 91.5 Å². The Balaban J connectivity index is 0.913. The normalized spacial score (nSPS) is 27.4. The molecule has 4 saturated heterocycles. The number of nitrogens with one attached hydrogen (secondary N) is 1. The van der Waals surface area contributed by atoms with E-state index in [4.69, 9.17) is 80.5 Å². The van der Waals surface area contributed by atoms with Crippen molar-refractivity contribution in [3.63, 3.8) is 0 Å². The molecule has 20 atom stereocenters. The number of rotatable bonds is 39. The molecule has 116 heavy (non-hydrogen) atoms. The number of hydrogen-bond acceptors (Lipinski definition) is 19. The molecule has 0 spiro atoms. The second-order valence-electron chi connectivity index (χ2n) is 29.6. The molecule has 14 rings (SSSR count). The minimum atomic E-state index is -1.76. The van der Waals surface area contributed by atoms with E-state index in [0.717, 1.165) is 55.6 Å². The van der Waals surface area contributed by atoms with Crippen LogP contribution in [0, 0.1) is 0 Å². The summed E-state index contributed by atoms with van der Waals surface area (Å²) in [6, 6.07) is 97.2. The lowest BCUT2D eigenvalue weighted by atomic mass is 9.93. The van der Waals surface area contributed by atoms with E-state index in [1.54, 1.807) is 0 Å². The van der Waals surface area contributed by atoms with Gasteiger partial charge in [0, 0.05) is 6.92 Å². The predicted molar refractivity (Wildman–Crippen MR) is 433 cm³/mol. The smallest absolute Gasteiger partial charge is 0.217 e. The Hall–Kier alpha value is -9.05. The third kappa shape index (κ3) is 23.7. The van der Waals surface area contributed by atoms with E-state index in [-0.39, 0.29) is 79.3 Å². The first-order chi connectivity index (χ1) is 57.1. The molecule has 4 aliphatic rings. The van der Waals surface area contributed by atoms with E-state index in [1.807, 2.05) is 317 Å². The van der Waals surface area contributed by atoms with Crippen molar-refractivity contribution in [2.45, 2.75) is 210 Å². The van der Waals surface area contributed by atoms with Gasteiger partial charge in [0.25, 0.3) is 0 Å². The number of carbonyl (C=O) groups is 1. The van der Waals surface area contributed by atoms with Crippen molar-refractivity contribution < 1.29 is 90.4 Å². The standard InChI is InChI=1S/C96H105NO19/c1-66-82(102-56-71-38-18-6-19-39-71)87(105-59-74-44-24-9-25-45-74)90(108-62-77-50-30-12-31-51-77)94(110-66)115-86-81(97-68(3)98)93(99)112-80(65-101-55-70-36-16-5-17-37-70)85(86)114-96-92(89(107-61-76-48-28-11-29-49-76)84(104-58-73-42-22-8-23-43-73)79(113-96)64-100-54-69-34-14-4-15-35-69)116-95-91(109-63-78-52-32-13-33-53-78)88(106-60-75-46-26-10-27-47-75)83(67(2)111-95)103-57-72-40-20-7-21-41-72/h4-53,66-67,79-96,99H,54-65H2,1-3H3,(H,97,98)/t66-,67-,79+,80+,81+,82+,83+,84-,85+,86+,87+,88+,89-,90+,91-,92+,93?,94-,95-,96-/m0/s1. The molecule has 4 aliphatic heterocycles. The third-order valence-corrected chi connectivity index (χ3v) is 21.0. The molecular formula is C96H105NO19. The average molecular weight is 1580 g/mol. The fourth-order valence-corrected chi connectivity index (χ4v) is 15.1. The first-order valence-corrected chi connectivity index (χ1v) is 40.1. The number of aliphatic hydroxyl groups excluding tert-OH is 1. The average Bonchev–Trinajstić information content (AvgIpc) is 0.758. The van der Waals surface area contributed by atoms with Crippen molar-refractivity contribution in [3.8, 4) is 0 Å². The second kappa shape index (κ2) is 43.4. The molecule has 0 aliphatic carbocycles. The number of hydrogen-bond donors (Lipinski definition) is 2. The molecule has 10 aromatic rings. The summed E-state index contributed by atoms with van der Waals surface area (Å²) in [6.07, 6.45) is -21.5. The summed E-state index contributed by atoms with van der Waals surface area (Å²) in [5.41, 5.74) is 8.93. The minimum Gasteiger partial charge on any atom is -0.374 e. The maximum atomic E-state index is 14.1. The summed E-state index contributed by atoms with van der Waals surface area (Å²) >= 11 is 0. The van der Waals surface area contributed by atoms with Crippen LogP contribution in [0.1, 0.15) is 76.4 Å². The Morgan fingerprint density at radius 2 is 0.509 bits per heavy atom. The van der Waals surface area contributed by atoms with E-state index >= 15 is 0 Å². The first kappa shape index (κ1) is 83.4. The van der Waals surface area contributed by atoms with Crippen molar-refractivity contribution in [1.82, 2.24) is 5.32 Å². The lowest BCUT2D eigenvalue weighted by Gasteiger charge is -2.52. The quantitative estimate of drug-likeness (QED) is 0.0367. The highest BCUT2D eigenvalue weighted by Crippen LogP contribution is 2.41. The van der Waals surface area contributed by atoms with Gasteiger partial charge in [0.15, 0.2) is 25.2 Å². The largest absolute Gasteiger partial charge is 0.374 e. The fourth-order valence-electron chi connectivity index (χ4n) is 15.1. The van der Waals surface area contributed by atoms with Gasteiger partial charge in [-0.15, -0.1) is 0 Å². The molecule has 4 fully saturated rings. The van der Waals surface area contributed by atoms with Crippen LogP contribution in [0.3, 0.4) is 0 Å². The number of aliphatic hydroxyl groups is 1. The van der Waals surface area contributed by atoms with Gasteiger partial charge in [-0.1, -0.05) is 303 Å². The van der Waals surface area contributed by atoms with Crippen LogP contribution in [0.4, 0.5) is 0 Å². The second-order valence-corrected chi connectivity index (χ2v) is 29.6. The Morgan fingerprint density at radius 3 is 0.810 bits per heavy atom. The first-order valence-electron chi connectivity index (χ1n) is 40.1. The van der Waals surface area contributed by atoms with Gasteiger partial charge < -0.3 is 90.9 Å². The summed E-state index contributed by atoms with van der Waals surface area (Å²) in [4.78, 5) is 14.1. The van der Waals surface area contributed by atoms with Crippen LogP contribution < -0.4 is 5.32 Å². The molecule has 1 amide bonds.